The van der Waals surface area contributed by atoms with Crippen LogP contribution in [0.25, 0.3) is 22.4 Å². The lowest BCUT2D eigenvalue weighted by molar-refractivity contribution is 0.110. The molecule has 6 rings (SSSR count). The lowest BCUT2D eigenvalue weighted by Crippen LogP contribution is -2.42. The average Bonchev–Trinajstić information content (AvgIpc) is 2.85. The van der Waals surface area contributed by atoms with E-state index in [-0.39, 0.29) is 24.6 Å². The van der Waals surface area contributed by atoms with Crippen molar-refractivity contribution in [3.05, 3.63) is 95.7 Å². The number of pyridine rings is 2. The molecule has 1 atom stereocenters. The van der Waals surface area contributed by atoms with Crippen LogP contribution in [0.5, 0.6) is 11.5 Å². The molecule has 4 heterocycles. The molecule has 2 N–H and O–H groups in total. The van der Waals surface area contributed by atoms with Crippen molar-refractivity contribution in [2.24, 2.45) is 10.7 Å². The second-order valence-electron chi connectivity index (χ2n) is 8.33. The number of fused-ring (bicyclic) bond motifs is 4. The maximum atomic E-state index is 14.6. The summed E-state index contributed by atoms with van der Waals surface area (Å²) in [6.45, 7) is 0.277. The summed E-state index contributed by atoms with van der Waals surface area (Å²) in [6.07, 6.45) is 2.89. The lowest BCUT2D eigenvalue weighted by Gasteiger charge is -2.39. The number of rotatable bonds is 2. The van der Waals surface area contributed by atoms with Crippen LogP contribution in [-0.4, -0.2) is 29.0 Å². The zero-order valence-corrected chi connectivity index (χ0v) is 18.1. The predicted octanol–water partition coefficient (Wildman–Crippen LogP) is 4.96. The van der Waals surface area contributed by atoms with Gasteiger partial charge in [0, 0.05) is 34.5 Å². The number of nitrogens with two attached hydrogens (primary N) is 1. The van der Waals surface area contributed by atoms with Crippen LogP contribution in [-0.2, 0) is 10.3 Å². The van der Waals surface area contributed by atoms with E-state index in [1.165, 1.54) is 18.5 Å². The third kappa shape index (κ3) is 3.52. The Bertz CT molecular complexity index is 1520. The van der Waals surface area contributed by atoms with Gasteiger partial charge in [0.1, 0.15) is 35.4 Å². The monoisotopic (exact) mass is 474 g/mol. The van der Waals surface area contributed by atoms with Crippen LogP contribution in [0.1, 0.15) is 11.1 Å². The highest BCUT2D eigenvalue weighted by atomic mass is 19.1. The van der Waals surface area contributed by atoms with E-state index in [0.717, 1.165) is 18.2 Å². The van der Waals surface area contributed by atoms with Crippen LogP contribution in [0.15, 0.2) is 72.0 Å². The summed E-state index contributed by atoms with van der Waals surface area (Å²) < 4.78 is 54.2. The Labute approximate surface area is 197 Å². The fourth-order valence-corrected chi connectivity index (χ4v) is 4.55. The molecular weight excluding hydrogens is 457 g/mol. The van der Waals surface area contributed by atoms with Crippen molar-refractivity contribution < 1.29 is 22.6 Å². The Kier molecular flexibility index (Phi) is 4.82. The van der Waals surface area contributed by atoms with Crippen molar-refractivity contribution in [2.45, 2.75) is 5.54 Å². The van der Waals surface area contributed by atoms with Gasteiger partial charge in [-0.25, -0.2) is 13.8 Å². The largest absolute Gasteiger partial charge is 0.455 e. The van der Waals surface area contributed by atoms with Crippen molar-refractivity contribution in [1.82, 2.24) is 9.97 Å². The first kappa shape index (κ1) is 21.3. The van der Waals surface area contributed by atoms with Crippen LogP contribution in [0.2, 0.25) is 0 Å². The number of amidine groups is 1. The zero-order valence-electron chi connectivity index (χ0n) is 18.1. The molecule has 0 bridgehead atoms. The number of aromatic nitrogens is 2. The quantitative estimate of drug-likeness (QED) is 0.415. The maximum absolute atomic E-state index is 14.6. The van der Waals surface area contributed by atoms with Crippen LogP contribution in [0.4, 0.5) is 13.2 Å². The molecule has 2 aliphatic heterocycles. The van der Waals surface area contributed by atoms with Gasteiger partial charge >= 0.3 is 0 Å². The summed E-state index contributed by atoms with van der Waals surface area (Å²) in [4.78, 5) is 12.8. The maximum Gasteiger partial charge on any atom is 0.213 e. The number of benzene rings is 2. The number of ether oxygens (including phenoxy) is 2. The lowest BCUT2D eigenvalue weighted by atomic mass is 9.79. The minimum Gasteiger partial charge on any atom is -0.455 e. The van der Waals surface area contributed by atoms with Crippen molar-refractivity contribution in [1.29, 1.82) is 0 Å². The molecule has 0 unspecified atom stereocenters. The van der Waals surface area contributed by atoms with Crippen LogP contribution < -0.4 is 10.5 Å². The summed E-state index contributed by atoms with van der Waals surface area (Å²) in [5.41, 5.74) is 7.70. The molecule has 2 aromatic carbocycles. The minimum atomic E-state index is -1.13. The normalized spacial score (nSPS) is 18.4. The molecule has 0 radical (unpaired) electrons. The molecule has 0 saturated carbocycles. The van der Waals surface area contributed by atoms with E-state index in [1.807, 2.05) is 0 Å². The smallest absolute Gasteiger partial charge is 0.213 e. The number of nitrogens with zero attached hydrogens (tertiary/aromatic N) is 3. The van der Waals surface area contributed by atoms with Crippen molar-refractivity contribution in [3.63, 3.8) is 0 Å². The van der Waals surface area contributed by atoms with Gasteiger partial charge in [-0.3, -0.25) is 9.98 Å². The molecule has 0 saturated heterocycles. The van der Waals surface area contributed by atoms with Crippen molar-refractivity contribution in [3.8, 4) is 33.9 Å². The molecule has 0 aliphatic carbocycles. The summed E-state index contributed by atoms with van der Waals surface area (Å²) >= 11 is 0. The third-order valence-electron chi connectivity index (χ3n) is 6.12. The van der Waals surface area contributed by atoms with E-state index in [0.29, 0.717) is 39.4 Å². The highest BCUT2D eigenvalue weighted by Gasteiger charge is 2.45. The first-order chi connectivity index (χ1) is 16.9. The van der Waals surface area contributed by atoms with Gasteiger partial charge in [-0.05, 0) is 48.0 Å². The molecule has 1 spiro atoms. The van der Waals surface area contributed by atoms with Gasteiger partial charge in [0.2, 0.25) is 5.95 Å². The van der Waals surface area contributed by atoms with Gasteiger partial charge in [-0.15, -0.1) is 0 Å². The number of halogens is 3. The third-order valence-corrected chi connectivity index (χ3v) is 6.12. The molecule has 174 valence electrons. The number of hydrogen-bond acceptors (Lipinski definition) is 6. The summed E-state index contributed by atoms with van der Waals surface area (Å²) in [5.74, 6) is -0.591. The van der Waals surface area contributed by atoms with Crippen molar-refractivity contribution in [2.75, 3.05) is 13.2 Å². The Morgan fingerprint density at radius 1 is 0.857 bits per heavy atom. The van der Waals surface area contributed by atoms with Gasteiger partial charge in [0.25, 0.3) is 0 Å². The standard InChI is InChI=1S/C26H17F3N4O2/c27-16-2-3-20(28)17(9-16)14-1-4-22-18(7-14)26(13-34-12-25(30)33-26)19-10-21(32-11-23(19)35-22)15-5-6-31-24(29)8-15/h1-11H,12-13H2,(H2,30,33)/t26-/m0/s1. The molecule has 2 aromatic heterocycles. The summed E-state index contributed by atoms with van der Waals surface area (Å²) in [6, 6.07) is 13.0. The number of hydrogen-bond donors (Lipinski definition) is 1. The van der Waals surface area contributed by atoms with E-state index in [9.17, 15) is 13.2 Å². The Morgan fingerprint density at radius 2 is 1.71 bits per heavy atom. The van der Waals surface area contributed by atoms with Gasteiger partial charge in [-0.2, -0.15) is 4.39 Å². The summed E-state index contributed by atoms with van der Waals surface area (Å²) in [5, 5.41) is 0. The SMILES string of the molecule is NC1=N[C@@]2(COC1)c1cc(-c3cc(F)ccc3F)ccc1Oc1cnc(-c3ccnc(F)c3)cc12. The fraction of sp³-hybridized carbons (Fsp3) is 0.115. The highest BCUT2D eigenvalue weighted by Crippen LogP contribution is 2.51. The van der Waals surface area contributed by atoms with Crippen LogP contribution >= 0.6 is 0 Å². The Balaban J connectivity index is 1.57. The predicted molar refractivity (Wildman–Crippen MR) is 123 cm³/mol. The number of aliphatic imine (C=N–C) groups is 1. The molecule has 4 aromatic rings. The molecule has 0 amide bonds. The van der Waals surface area contributed by atoms with E-state index >= 15 is 0 Å². The second-order valence-corrected chi connectivity index (χ2v) is 8.33. The molecule has 0 fully saturated rings. The van der Waals surface area contributed by atoms with Gasteiger partial charge in [0.15, 0.2) is 5.75 Å². The molecular formula is C26H17F3N4O2. The molecule has 35 heavy (non-hydrogen) atoms. The Morgan fingerprint density at radius 3 is 2.54 bits per heavy atom. The molecule has 2 aliphatic rings. The second kappa shape index (κ2) is 7.92. The highest BCUT2D eigenvalue weighted by molar-refractivity contribution is 5.84. The Hall–Kier alpha value is -4.24. The van der Waals surface area contributed by atoms with Crippen molar-refractivity contribution >= 4 is 5.84 Å². The van der Waals surface area contributed by atoms with E-state index in [1.54, 1.807) is 30.3 Å². The average molecular weight is 474 g/mol. The topological polar surface area (TPSA) is 82.6 Å². The minimum absolute atomic E-state index is 0.102. The molecule has 9 heteroatoms. The van der Waals surface area contributed by atoms with E-state index < -0.39 is 23.1 Å². The van der Waals surface area contributed by atoms with Gasteiger partial charge in [-0.1, -0.05) is 6.07 Å². The zero-order chi connectivity index (χ0) is 24.2. The first-order valence-electron chi connectivity index (χ1n) is 10.8. The van der Waals surface area contributed by atoms with Gasteiger partial charge in [0.05, 0.1) is 18.5 Å². The summed E-state index contributed by atoms with van der Waals surface area (Å²) in [7, 11) is 0. The van der Waals surface area contributed by atoms with Crippen LogP contribution in [0, 0.1) is 17.6 Å². The van der Waals surface area contributed by atoms with Gasteiger partial charge < -0.3 is 15.2 Å². The van der Waals surface area contributed by atoms with E-state index in [4.69, 9.17) is 20.2 Å². The fourth-order valence-electron chi connectivity index (χ4n) is 4.55. The van der Waals surface area contributed by atoms with E-state index in [2.05, 4.69) is 9.97 Å². The van der Waals surface area contributed by atoms with Crippen LogP contribution in [0.3, 0.4) is 0 Å². The molecule has 6 nitrogen and oxygen atoms in total. The first-order valence-corrected chi connectivity index (χ1v) is 10.8.